The highest BCUT2D eigenvalue weighted by molar-refractivity contribution is 5.87. The molecule has 2 aliphatic heterocycles. The molecule has 2 aromatic heterocycles. The van der Waals surface area contributed by atoms with Gasteiger partial charge in [-0.2, -0.15) is 10.1 Å². The fraction of sp³-hybridized carbons (Fsp3) is 0.387. The molecular weight excluding hydrogens is 502 g/mol. The standard InChI is InChI=1S/C31H35N7O2/c1-36-29-20-24(6-8-26(29)27(35-36)9-10-37-11-15-39-16-12-37)28-21-30(34-31(33-28)38-13-17-40-18-14-38)32-25-7-5-22-3-2-4-23(22)19-25/h2-3,5-8,19-21H,4,9-18H2,1H3,(H,32,33,34). The van der Waals surface area contributed by atoms with E-state index in [9.17, 15) is 0 Å². The van der Waals surface area contributed by atoms with Crippen molar-refractivity contribution in [2.75, 3.05) is 69.4 Å². The molecule has 4 heterocycles. The lowest BCUT2D eigenvalue weighted by Crippen LogP contribution is -2.37. The van der Waals surface area contributed by atoms with Crippen molar-refractivity contribution >= 4 is 34.4 Å². The van der Waals surface area contributed by atoms with Gasteiger partial charge in [0.15, 0.2) is 0 Å². The number of hydrogen-bond acceptors (Lipinski definition) is 8. The maximum Gasteiger partial charge on any atom is 0.228 e. The molecule has 2 aromatic carbocycles. The van der Waals surface area contributed by atoms with Gasteiger partial charge in [0.25, 0.3) is 0 Å². The molecule has 0 amide bonds. The highest BCUT2D eigenvalue weighted by atomic mass is 16.5. The van der Waals surface area contributed by atoms with Gasteiger partial charge in [0.1, 0.15) is 5.82 Å². The molecule has 0 bridgehead atoms. The van der Waals surface area contributed by atoms with E-state index in [4.69, 9.17) is 24.5 Å². The zero-order chi connectivity index (χ0) is 26.9. The molecule has 1 aliphatic carbocycles. The van der Waals surface area contributed by atoms with Crippen molar-refractivity contribution in [1.82, 2.24) is 24.6 Å². The number of rotatable bonds is 7. The molecular formula is C31H35N7O2. The number of fused-ring (bicyclic) bond motifs is 2. The van der Waals surface area contributed by atoms with Crippen LogP contribution >= 0.6 is 0 Å². The minimum Gasteiger partial charge on any atom is -0.379 e. The predicted molar refractivity (Wildman–Crippen MR) is 158 cm³/mol. The van der Waals surface area contributed by atoms with Crippen molar-refractivity contribution in [1.29, 1.82) is 0 Å². The number of ether oxygens (including phenoxy) is 2. The fourth-order valence-electron chi connectivity index (χ4n) is 5.80. The Morgan fingerprint density at radius 3 is 2.58 bits per heavy atom. The fourth-order valence-corrected chi connectivity index (χ4v) is 5.80. The molecule has 2 fully saturated rings. The molecule has 3 aliphatic rings. The van der Waals surface area contributed by atoms with Crippen LogP contribution in [0.15, 0.2) is 48.5 Å². The minimum atomic E-state index is 0.683. The van der Waals surface area contributed by atoms with Crippen molar-refractivity contribution in [3.63, 3.8) is 0 Å². The summed E-state index contributed by atoms with van der Waals surface area (Å²) in [6.07, 6.45) is 6.28. The van der Waals surface area contributed by atoms with Crippen molar-refractivity contribution in [3.05, 3.63) is 65.4 Å². The second-order valence-electron chi connectivity index (χ2n) is 10.7. The first-order chi connectivity index (χ1) is 19.7. The van der Waals surface area contributed by atoms with Crippen molar-refractivity contribution in [2.24, 2.45) is 7.05 Å². The van der Waals surface area contributed by atoms with Gasteiger partial charge in [-0.05, 0) is 35.7 Å². The summed E-state index contributed by atoms with van der Waals surface area (Å²) < 4.78 is 13.1. The van der Waals surface area contributed by atoms with E-state index < -0.39 is 0 Å². The lowest BCUT2D eigenvalue weighted by molar-refractivity contribution is 0.0383. The van der Waals surface area contributed by atoms with E-state index in [-0.39, 0.29) is 0 Å². The van der Waals surface area contributed by atoms with Gasteiger partial charge >= 0.3 is 0 Å². The molecule has 2 saturated heterocycles. The third-order valence-corrected chi connectivity index (χ3v) is 8.05. The molecule has 40 heavy (non-hydrogen) atoms. The van der Waals surface area contributed by atoms with E-state index in [1.165, 1.54) is 16.5 Å². The Morgan fingerprint density at radius 1 is 0.900 bits per heavy atom. The smallest absolute Gasteiger partial charge is 0.228 e. The average molecular weight is 538 g/mol. The molecule has 0 unspecified atom stereocenters. The zero-order valence-electron chi connectivity index (χ0n) is 23.0. The van der Waals surface area contributed by atoms with E-state index in [2.05, 4.69) is 63.7 Å². The van der Waals surface area contributed by atoms with E-state index in [1.807, 2.05) is 17.8 Å². The predicted octanol–water partition coefficient (Wildman–Crippen LogP) is 4.05. The molecule has 206 valence electrons. The lowest BCUT2D eigenvalue weighted by atomic mass is 10.1. The first kappa shape index (κ1) is 25.2. The first-order valence-electron chi connectivity index (χ1n) is 14.2. The second kappa shape index (κ2) is 11.0. The number of hydrogen-bond donors (Lipinski definition) is 1. The summed E-state index contributed by atoms with van der Waals surface area (Å²) in [6.45, 7) is 7.54. The Bertz CT molecular complexity index is 1550. The highest BCUT2D eigenvalue weighted by Crippen LogP contribution is 2.30. The quantitative estimate of drug-likeness (QED) is 0.378. The van der Waals surface area contributed by atoms with Crippen LogP contribution in [0.25, 0.3) is 28.2 Å². The van der Waals surface area contributed by atoms with Crippen molar-refractivity contribution < 1.29 is 9.47 Å². The van der Waals surface area contributed by atoms with E-state index in [1.54, 1.807) is 0 Å². The molecule has 4 aromatic rings. The Hall–Kier alpha value is -3.79. The average Bonchev–Trinajstić information content (AvgIpc) is 3.60. The number of morpholine rings is 2. The Morgan fingerprint density at radius 2 is 1.73 bits per heavy atom. The van der Waals surface area contributed by atoms with Crippen LogP contribution in [-0.2, 0) is 29.4 Å². The van der Waals surface area contributed by atoms with Gasteiger partial charge < -0.3 is 19.7 Å². The topological polar surface area (TPSA) is 80.6 Å². The van der Waals surface area contributed by atoms with Gasteiger partial charge in [0.2, 0.25) is 5.95 Å². The van der Waals surface area contributed by atoms with Crippen LogP contribution in [0.3, 0.4) is 0 Å². The van der Waals surface area contributed by atoms with Crippen molar-refractivity contribution in [3.8, 4) is 11.3 Å². The number of allylic oxidation sites excluding steroid dienone is 1. The van der Waals surface area contributed by atoms with Gasteiger partial charge in [0, 0.05) is 68.9 Å². The van der Waals surface area contributed by atoms with E-state index in [0.717, 1.165) is 98.7 Å². The van der Waals surface area contributed by atoms with Crippen LogP contribution < -0.4 is 10.2 Å². The summed E-state index contributed by atoms with van der Waals surface area (Å²) in [5.74, 6) is 1.51. The van der Waals surface area contributed by atoms with Crippen LogP contribution in [0.2, 0.25) is 0 Å². The summed E-state index contributed by atoms with van der Waals surface area (Å²) in [6, 6.07) is 15.1. The van der Waals surface area contributed by atoms with Gasteiger partial charge in [0.05, 0.1) is 43.3 Å². The number of aromatic nitrogens is 4. The molecule has 0 spiro atoms. The maximum absolute atomic E-state index is 5.59. The molecule has 7 rings (SSSR count). The SMILES string of the molecule is Cn1nc(CCN2CCOCC2)c2ccc(-c3cc(Nc4ccc5c(c4)CC=C5)nc(N4CCOCC4)n3)cc21. The first-order valence-corrected chi connectivity index (χ1v) is 14.2. The van der Waals surface area contributed by atoms with Gasteiger partial charge in [-0.3, -0.25) is 9.58 Å². The third kappa shape index (κ3) is 5.20. The van der Waals surface area contributed by atoms with E-state index >= 15 is 0 Å². The summed E-state index contributed by atoms with van der Waals surface area (Å²) in [4.78, 5) is 14.6. The molecule has 9 nitrogen and oxygen atoms in total. The summed E-state index contributed by atoms with van der Waals surface area (Å²) in [5, 5.41) is 9.65. The van der Waals surface area contributed by atoms with Crippen LogP contribution in [-0.4, -0.2) is 83.8 Å². The zero-order valence-corrected chi connectivity index (χ0v) is 23.0. The highest BCUT2D eigenvalue weighted by Gasteiger charge is 2.19. The van der Waals surface area contributed by atoms with Crippen LogP contribution in [0.4, 0.5) is 17.5 Å². The summed E-state index contributed by atoms with van der Waals surface area (Å²) in [5.41, 5.74) is 7.85. The van der Waals surface area contributed by atoms with E-state index in [0.29, 0.717) is 13.2 Å². The monoisotopic (exact) mass is 537 g/mol. The maximum atomic E-state index is 5.59. The van der Waals surface area contributed by atoms with Crippen LogP contribution in [0.5, 0.6) is 0 Å². The molecule has 0 radical (unpaired) electrons. The summed E-state index contributed by atoms with van der Waals surface area (Å²) in [7, 11) is 2.03. The Labute approximate surface area is 234 Å². The number of nitrogens with one attached hydrogen (secondary N) is 1. The Kier molecular flexibility index (Phi) is 6.93. The number of nitrogens with zero attached hydrogens (tertiary/aromatic N) is 6. The Balaban J connectivity index is 1.20. The largest absolute Gasteiger partial charge is 0.379 e. The van der Waals surface area contributed by atoms with Gasteiger partial charge in [-0.25, -0.2) is 4.98 Å². The molecule has 1 N–H and O–H groups in total. The number of aryl methyl sites for hydroxylation is 1. The molecule has 0 saturated carbocycles. The molecule has 9 heteroatoms. The van der Waals surface area contributed by atoms with Gasteiger partial charge in [-0.15, -0.1) is 0 Å². The van der Waals surface area contributed by atoms with Crippen LogP contribution in [0.1, 0.15) is 16.8 Å². The lowest BCUT2D eigenvalue weighted by Gasteiger charge is -2.27. The number of benzene rings is 2. The normalized spacial score (nSPS) is 17.5. The third-order valence-electron chi connectivity index (χ3n) is 8.05. The summed E-state index contributed by atoms with van der Waals surface area (Å²) >= 11 is 0. The van der Waals surface area contributed by atoms with Gasteiger partial charge in [-0.1, -0.05) is 30.4 Å². The second-order valence-corrected chi connectivity index (χ2v) is 10.7. The minimum absolute atomic E-state index is 0.683. The van der Waals surface area contributed by atoms with Crippen LogP contribution in [0, 0.1) is 0 Å². The van der Waals surface area contributed by atoms with Crippen molar-refractivity contribution in [2.45, 2.75) is 12.8 Å². The molecule has 0 atom stereocenters. The number of anilines is 3.